The van der Waals surface area contributed by atoms with Crippen molar-refractivity contribution in [1.82, 2.24) is 10.3 Å². The summed E-state index contributed by atoms with van der Waals surface area (Å²) in [6.45, 7) is 1.97. The Kier molecular flexibility index (Phi) is 9.48. The molecule has 178 valence electrons. The molecule has 1 heterocycles. The zero-order valence-corrected chi connectivity index (χ0v) is 20.6. The van der Waals surface area contributed by atoms with Crippen molar-refractivity contribution in [2.45, 2.75) is 24.1 Å². The van der Waals surface area contributed by atoms with Gasteiger partial charge in [0.05, 0.1) is 25.0 Å². The highest BCUT2D eigenvalue weighted by Crippen LogP contribution is 2.23. The summed E-state index contributed by atoms with van der Waals surface area (Å²) < 4.78 is 5.87. The Balaban J connectivity index is 1.38. The Hall–Kier alpha value is -3.37. The van der Waals surface area contributed by atoms with Gasteiger partial charge in [-0.15, -0.1) is 11.3 Å². The van der Waals surface area contributed by atoms with E-state index in [-0.39, 0.29) is 29.9 Å². The monoisotopic (exact) mass is 498 g/mol. The van der Waals surface area contributed by atoms with Crippen molar-refractivity contribution in [3.8, 4) is 5.75 Å². The second kappa shape index (κ2) is 12.8. The van der Waals surface area contributed by atoms with Crippen LogP contribution in [0.4, 0.5) is 11.4 Å². The lowest BCUT2D eigenvalue weighted by Gasteiger charge is -2.07. The van der Waals surface area contributed by atoms with E-state index in [1.807, 2.05) is 29.6 Å². The normalized spacial score (nSPS) is 10.4. The lowest BCUT2D eigenvalue weighted by Crippen LogP contribution is -2.27. The number of hydrogen-bond acceptors (Lipinski definition) is 7. The molecule has 0 aliphatic rings. The SMILES string of the molecule is COc1ccc(CCNC(=O)Cc2csc(SCC(=O)Nc3cccc(NC(C)=O)c3)n2)cc1. The van der Waals surface area contributed by atoms with Gasteiger partial charge >= 0.3 is 0 Å². The number of benzene rings is 2. The fraction of sp³-hybridized carbons (Fsp3) is 0.250. The molecule has 0 fully saturated rings. The van der Waals surface area contributed by atoms with Crippen molar-refractivity contribution in [2.75, 3.05) is 30.0 Å². The number of thioether (sulfide) groups is 1. The van der Waals surface area contributed by atoms with Crippen molar-refractivity contribution in [3.05, 3.63) is 65.2 Å². The van der Waals surface area contributed by atoms with Crippen LogP contribution in [-0.2, 0) is 27.2 Å². The maximum atomic E-state index is 12.3. The van der Waals surface area contributed by atoms with Crippen LogP contribution in [0.5, 0.6) is 5.75 Å². The number of nitrogens with one attached hydrogen (secondary N) is 3. The van der Waals surface area contributed by atoms with Crippen LogP contribution < -0.4 is 20.7 Å². The molecule has 34 heavy (non-hydrogen) atoms. The highest BCUT2D eigenvalue weighted by molar-refractivity contribution is 8.01. The van der Waals surface area contributed by atoms with E-state index in [0.717, 1.165) is 22.1 Å². The second-order valence-electron chi connectivity index (χ2n) is 7.33. The maximum Gasteiger partial charge on any atom is 0.234 e. The van der Waals surface area contributed by atoms with Gasteiger partial charge in [0.1, 0.15) is 5.75 Å². The van der Waals surface area contributed by atoms with Gasteiger partial charge in [0.2, 0.25) is 17.7 Å². The van der Waals surface area contributed by atoms with Gasteiger partial charge in [-0.05, 0) is 42.3 Å². The summed E-state index contributed by atoms with van der Waals surface area (Å²) in [5, 5.41) is 10.2. The number of carbonyl (C=O) groups excluding carboxylic acids is 3. The van der Waals surface area contributed by atoms with E-state index in [1.165, 1.54) is 30.0 Å². The zero-order valence-electron chi connectivity index (χ0n) is 18.9. The predicted octanol–water partition coefficient (Wildman–Crippen LogP) is 3.74. The molecule has 3 rings (SSSR count). The summed E-state index contributed by atoms with van der Waals surface area (Å²) >= 11 is 2.72. The summed E-state index contributed by atoms with van der Waals surface area (Å²) in [6.07, 6.45) is 0.929. The van der Waals surface area contributed by atoms with Crippen LogP contribution in [0, 0.1) is 0 Å². The number of rotatable bonds is 11. The summed E-state index contributed by atoms with van der Waals surface area (Å²) in [6, 6.07) is 14.7. The van der Waals surface area contributed by atoms with E-state index in [4.69, 9.17) is 4.74 Å². The van der Waals surface area contributed by atoms with Gasteiger partial charge in [-0.2, -0.15) is 0 Å². The highest BCUT2D eigenvalue weighted by Gasteiger charge is 2.10. The van der Waals surface area contributed by atoms with Crippen molar-refractivity contribution >= 4 is 52.2 Å². The standard InChI is InChI=1S/C24H26N4O4S2/c1-16(29)26-18-4-3-5-19(12-18)27-23(31)15-34-24-28-20(14-33-24)13-22(30)25-11-10-17-6-8-21(32-2)9-7-17/h3-9,12,14H,10-11,13,15H2,1-2H3,(H,25,30)(H,26,29)(H,27,31). The quantitative estimate of drug-likeness (QED) is 0.348. The predicted molar refractivity (Wildman–Crippen MR) is 136 cm³/mol. The van der Waals surface area contributed by atoms with Crippen LogP contribution in [0.2, 0.25) is 0 Å². The molecule has 3 aromatic rings. The molecule has 0 bridgehead atoms. The maximum absolute atomic E-state index is 12.3. The van der Waals surface area contributed by atoms with Gasteiger partial charge in [0.25, 0.3) is 0 Å². The molecule has 0 radical (unpaired) electrons. The largest absolute Gasteiger partial charge is 0.497 e. The summed E-state index contributed by atoms with van der Waals surface area (Å²) in [7, 11) is 1.63. The fourth-order valence-electron chi connectivity index (χ4n) is 3.00. The highest BCUT2D eigenvalue weighted by atomic mass is 32.2. The minimum Gasteiger partial charge on any atom is -0.497 e. The van der Waals surface area contributed by atoms with E-state index in [1.54, 1.807) is 31.4 Å². The van der Waals surface area contributed by atoms with Crippen LogP contribution in [0.15, 0.2) is 58.3 Å². The molecule has 0 saturated heterocycles. The van der Waals surface area contributed by atoms with Crippen LogP contribution in [0.1, 0.15) is 18.2 Å². The number of aromatic nitrogens is 1. The number of methoxy groups -OCH3 is 1. The van der Waals surface area contributed by atoms with Crippen LogP contribution in [-0.4, -0.2) is 42.1 Å². The zero-order chi connectivity index (χ0) is 24.3. The van der Waals surface area contributed by atoms with E-state index in [2.05, 4.69) is 20.9 Å². The van der Waals surface area contributed by atoms with Gasteiger partial charge in [-0.1, -0.05) is 30.0 Å². The molecule has 3 N–H and O–H groups in total. The van der Waals surface area contributed by atoms with Crippen molar-refractivity contribution in [1.29, 1.82) is 0 Å². The van der Waals surface area contributed by atoms with Gasteiger partial charge in [-0.3, -0.25) is 14.4 Å². The minimum absolute atomic E-state index is 0.0906. The molecular formula is C24H26N4O4S2. The first-order valence-electron chi connectivity index (χ1n) is 10.6. The van der Waals surface area contributed by atoms with E-state index in [9.17, 15) is 14.4 Å². The van der Waals surface area contributed by atoms with Crippen LogP contribution in [0.3, 0.4) is 0 Å². The van der Waals surface area contributed by atoms with Crippen LogP contribution in [0.25, 0.3) is 0 Å². The van der Waals surface area contributed by atoms with Crippen molar-refractivity contribution < 1.29 is 19.1 Å². The third kappa shape index (κ3) is 8.53. The van der Waals surface area contributed by atoms with Gasteiger partial charge in [0.15, 0.2) is 4.34 Å². The fourth-order valence-corrected chi connectivity index (χ4v) is 4.65. The number of carbonyl (C=O) groups is 3. The summed E-state index contributed by atoms with van der Waals surface area (Å²) in [4.78, 5) is 40.1. The number of hydrogen-bond donors (Lipinski definition) is 3. The first kappa shape index (κ1) is 25.3. The first-order chi connectivity index (χ1) is 16.4. The average Bonchev–Trinajstić information content (AvgIpc) is 3.25. The average molecular weight is 499 g/mol. The molecule has 0 aliphatic heterocycles. The van der Waals surface area contributed by atoms with E-state index in [0.29, 0.717) is 23.6 Å². The smallest absolute Gasteiger partial charge is 0.234 e. The molecule has 8 nitrogen and oxygen atoms in total. The molecule has 1 aromatic heterocycles. The number of amides is 3. The Morgan fingerprint density at radius 2 is 1.76 bits per heavy atom. The topological polar surface area (TPSA) is 109 Å². The molecule has 3 amide bonds. The Morgan fingerprint density at radius 1 is 1.03 bits per heavy atom. The Bertz CT molecular complexity index is 1130. The van der Waals surface area contributed by atoms with Crippen LogP contribution >= 0.6 is 23.1 Å². The number of anilines is 2. The summed E-state index contributed by atoms with van der Waals surface area (Å²) in [5.41, 5.74) is 3.01. The lowest BCUT2D eigenvalue weighted by molar-refractivity contribution is -0.120. The molecule has 10 heteroatoms. The first-order valence-corrected chi connectivity index (χ1v) is 12.4. The molecule has 0 spiro atoms. The molecular weight excluding hydrogens is 472 g/mol. The Labute approximate surface area is 206 Å². The van der Waals surface area contributed by atoms with E-state index >= 15 is 0 Å². The van der Waals surface area contributed by atoms with E-state index < -0.39 is 0 Å². The Morgan fingerprint density at radius 3 is 2.47 bits per heavy atom. The lowest BCUT2D eigenvalue weighted by atomic mass is 10.1. The molecule has 0 aliphatic carbocycles. The van der Waals surface area contributed by atoms with Gasteiger partial charge in [0, 0.05) is 30.2 Å². The molecule has 0 atom stereocenters. The molecule has 0 unspecified atom stereocenters. The van der Waals surface area contributed by atoms with Gasteiger partial charge < -0.3 is 20.7 Å². The second-order valence-corrected chi connectivity index (χ2v) is 9.41. The molecule has 0 saturated carbocycles. The number of nitrogens with zero attached hydrogens (tertiary/aromatic N) is 1. The molecule has 2 aromatic carbocycles. The third-order valence-corrected chi connectivity index (χ3v) is 6.63. The third-order valence-electron chi connectivity index (χ3n) is 4.56. The number of thiazole rings is 1. The number of ether oxygens (including phenoxy) is 1. The minimum atomic E-state index is -0.182. The van der Waals surface area contributed by atoms with Crippen molar-refractivity contribution in [3.63, 3.8) is 0 Å². The van der Waals surface area contributed by atoms with Gasteiger partial charge in [-0.25, -0.2) is 4.98 Å². The van der Waals surface area contributed by atoms with Crippen molar-refractivity contribution in [2.24, 2.45) is 0 Å². The summed E-state index contributed by atoms with van der Waals surface area (Å²) in [5.74, 6) is 0.541.